The van der Waals surface area contributed by atoms with Crippen LogP contribution >= 0.6 is 0 Å². The van der Waals surface area contributed by atoms with Gasteiger partial charge in [0.15, 0.2) is 0 Å². The van der Waals surface area contributed by atoms with Gasteiger partial charge in [-0.05, 0) is 135 Å². The van der Waals surface area contributed by atoms with E-state index in [-0.39, 0.29) is 5.60 Å². The van der Waals surface area contributed by atoms with E-state index in [0.29, 0.717) is 16.9 Å². The first-order chi connectivity index (χ1) is 16.2. The van der Waals surface area contributed by atoms with Crippen LogP contribution in [0.15, 0.2) is 42.5 Å². The van der Waals surface area contributed by atoms with E-state index in [2.05, 4.69) is 77.1 Å². The molecule has 1 nitrogen and oxygen atoms in total. The monoisotopic (exact) mass is 458 g/mol. The summed E-state index contributed by atoms with van der Waals surface area (Å²) in [4.78, 5) is 0. The van der Waals surface area contributed by atoms with E-state index in [4.69, 9.17) is 4.74 Å². The predicted molar refractivity (Wildman–Crippen MR) is 143 cm³/mol. The summed E-state index contributed by atoms with van der Waals surface area (Å²) in [6.07, 6.45) is 13.1. The van der Waals surface area contributed by atoms with E-state index in [9.17, 15) is 0 Å². The van der Waals surface area contributed by atoms with Crippen LogP contribution in [0.1, 0.15) is 104 Å². The Morgan fingerprint density at radius 1 is 0.765 bits per heavy atom. The Bertz CT molecular complexity index is 1050. The summed E-state index contributed by atoms with van der Waals surface area (Å²) in [5, 5.41) is 2.80. The number of ether oxygens (including phenoxy) is 1. The minimum Gasteiger partial charge on any atom is -0.373 e. The predicted octanol–water partition coefficient (Wildman–Crippen LogP) is 9.15. The normalized spacial score (nSPS) is 42.1. The molecule has 4 saturated carbocycles. The molecule has 0 heterocycles. The molecule has 2 aromatic carbocycles. The lowest BCUT2D eigenvalue weighted by Crippen LogP contribution is -2.54. The molecule has 0 saturated heterocycles. The Kier molecular flexibility index (Phi) is 5.49. The Morgan fingerprint density at radius 2 is 1.50 bits per heavy atom. The molecule has 0 bridgehead atoms. The van der Waals surface area contributed by atoms with Crippen molar-refractivity contribution >= 4 is 10.8 Å². The molecule has 0 aromatic heterocycles. The highest BCUT2D eigenvalue weighted by atomic mass is 16.5. The number of hydrogen-bond donors (Lipinski definition) is 0. The first-order valence-electron chi connectivity index (χ1n) is 14.3. The largest absolute Gasteiger partial charge is 0.373 e. The molecule has 4 aliphatic rings. The average molecular weight is 459 g/mol. The molecule has 0 amide bonds. The summed E-state index contributed by atoms with van der Waals surface area (Å²) in [6, 6.07) is 16.3. The van der Waals surface area contributed by atoms with Crippen LogP contribution in [-0.2, 0) is 4.74 Å². The summed E-state index contributed by atoms with van der Waals surface area (Å²) in [7, 11) is 0. The zero-order chi connectivity index (χ0) is 23.7. The fraction of sp³-hybridized carbons (Fsp3) is 0.697. The molecular weight excluding hydrogens is 412 g/mol. The minimum absolute atomic E-state index is 0.0100. The summed E-state index contributed by atoms with van der Waals surface area (Å²) >= 11 is 0. The molecule has 0 aliphatic heterocycles. The summed E-state index contributed by atoms with van der Waals surface area (Å²) in [5.74, 6) is 4.42. The molecule has 0 unspecified atom stereocenters. The highest BCUT2D eigenvalue weighted by molar-refractivity contribution is 5.83. The fourth-order valence-corrected chi connectivity index (χ4v) is 9.80. The molecule has 0 spiro atoms. The molecule has 4 aliphatic carbocycles. The van der Waals surface area contributed by atoms with Crippen molar-refractivity contribution in [2.24, 2.45) is 34.5 Å². The number of hydrogen-bond acceptors (Lipinski definition) is 1. The maximum Gasteiger partial charge on any atom is 0.0602 e. The quantitative estimate of drug-likeness (QED) is 0.436. The van der Waals surface area contributed by atoms with Gasteiger partial charge in [-0.1, -0.05) is 56.3 Å². The van der Waals surface area contributed by atoms with E-state index in [1.807, 2.05) is 0 Å². The lowest BCUT2D eigenvalue weighted by molar-refractivity contribution is -0.152. The van der Waals surface area contributed by atoms with Crippen LogP contribution in [0.25, 0.3) is 10.8 Å². The number of benzene rings is 2. The maximum absolute atomic E-state index is 6.49. The third-order valence-electron chi connectivity index (χ3n) is 11.3. The second-order valence-corrected chi connectivity index (χ2v) is 14.1. The van der Waals surface area contributed by atoms with Crippen molar-refractivity contribution in [1.82, 2.24) is 0 Å². The number of rotatable bonds is 2. The topological polar surface area (TPSA) is 9.23 Å². The van der Waals surface area contributed by atoms with Crippen LogP contribution in [0.4, 0.5) is 0 Å². The van der Waals surface area contributed by atoms with Gasteiger partial charge < -0.3 is 4.74 Å². The zero-order valence-electron chi connectivity index (χ0n) is 22.3. The summed E-state index contributed by atoms with van der Waals surface area (Å²) < 4.78 is 6.49. The minimum atomic E-state index is -0.0100. The van der Waals surface area contributed by atoms with E-state index < -0.39 is 0 Å². The zero-order valence-corrected chi connectivity index (χ0v) is 22.3. The molecule has 34 heavy (non-hydrogen) atoms. The summed E-state index contributed by atoms with van der Waals surface area (Å²) in [6.45, 7) is 12.1. The van der Waals surface area contributed by atoms with Gasteiger partial charge in [0.25, 0.3) is 0 Å². The van der Waals surface area contributed by atoms with Crippen molar-refractivity contribution in [2.45, 2.75) is 110 Å². The first-order valence-corrected chi connectivity index (χ1v) is 14.3. The fourth-order valence-electron chi connectivity index (χ4n) is 9.80. The number of fused-ring (bicyclic) bond motifs is 6. The van der Waals surface area contributed by atoms with Gasteiger partial charge in [-0.2, -0.15) is 0 Å². The van der Waals surface area contributed by atoms with Crippen molar-refractivity contribution < 1.29 is 4.74 Å². The average Bonchev–Trinajstić information content (AvgIpc) is 3.15. The lowest BCUT2D eigenvalue weighted by Gasteiger charge is -2.61. The van der Waals surface area contributed by atoms with E-state index in [1.54, 1.807) is 5.56 Å². The van der Waals surface area contributed by atoms with E-state index in [1.165, 1.54) is 68.6 Å². The van der Waals surface area contributed by atoms with Crippen LogP contribution in [0, 0.1) is 34.5 Å². The molecule has 8 atom stereocenters. The van der Waals surface area contributed by atoms with Gasteiger partial charge in [-0.25, -0.2) is 0 Å². The van der Waals surface area contributed by atoms with Gasteiger partial charge >= 0.3 is 0 Å². The standard InChI is InChI=1S/C33H46O/c1-31(2,3)34-26-16-18-32(4)25(21-26)12-13-27-29-15-14-28(33(29,5)19-17-30(27)32)24-11-10-22-8-6-7-9-23(22)20-24/h6-11,20,25-30H,12-19,21H2,1-5H3/t25-,26-,27-,28+,29-,30-,32-,33+/m0/s1. The Labute approximate surface area is 208 Å². The first kappa shape index (κ1) is 23.1. The maximum atomic E-state index is 6.49. The molecule has 6 rings (SSSR count). The van der Waals surface area contributed by atoms with Crippen LogP contribution in [0.2, 0.25) is 0 Å². The Hall–Kier alpha value is -1.34. The third kappa shape index (κ3) is 3.68. The lowest BCUT2D eigenvalue weighted by atomic mass is 9.44. The molecule has 0 N–H and O–H groups in total. The van der Waals surface area contributed by atoms with Gasteiger partial charge in [0.1, 0.15) is 0 Å². The van der Waals surface area contributed by atoms with Crippen LogP contribution in [-0.4, -0.2) is 11.7 Å². The second kappa shape index (κ2) is 8.09. The van der Waals surface area contributed by atoms with Gasteiger partial charge in [0.05, 0.1) is 11.7 Å². The Balaban J connectivity index is 1.23. The van der Waals surface area contributed by atoms with Gasteiger partial charge in [-0.15, -0.1) is 0 Å². The third-order valence-corrected chi connectivity index (χ3v) is 11.3. The van der Waals surface area contributed by atoms with Crippen LogP contribution in [0.5, 0.6) is 0 Å². The highest BCUT2D eigenvalue weighted by Crippen LogP contribution is 2.69. The molecule has 0 radical (unpaired) electrons. The van der Waals surface area contributed by atoms with Crippen molar-refractivity contribution in [3.8, 4) is 0 Å². The molecule has 1 heteroatoms. The second-order valence-electron chi connectivity index (χ2n) is 14.1. The molecule has 184 valence electrons. The Morgan fingerprint density at radius 3 is 2.29 bits per heavy atom. The van der Waals surface area contributed by atoms with Crippen molar-refractivity contribution in [1.29, 1.82) is 0 Å². The smallest absolute Gasteiger partial charge is 0.0602 e. The van der Waals surface area contributed by atoms with Gasteiger partial charge in [0, 0.05) is 0 Å². The highest BCUT2D eigenvalue weighted by Gasteiger charge is 2.60. The SMILES string of the molecule is CC(C)(C)O[C@H]1CC[C@@]2(C)[C@@H](CC[C@@H]3[C@@H]2CC[C@]2(C)[C@@H](c4ccc5ccccc5c4)CC[C@@H]32)C1. The molecule has 4 fully saturated rings. The van der Waals surface area contributed by atoms with Crippen molar-refractivity contribution in [3.63, 3.8) is 0 Å². The molecular formula is C33H46O. The van der Waals surface area contributed by atoms with Gasteiger partial charge in [-0.3, -0.25) is 0 Å². The summed E-state index contributed by atoms with van der Waals surface area (Å²) in [5.41, 5.74) is 2.63. The van der Waals surface area contributed by atoms with E-state index >= 15 is 0 Å². The van der Waals surface area contributed by atoms with Gasteiger partial charge in [0.2, 0.25) is 0 Å². The van der Waals surface area contributed by atoms with E-state index in [0.717, 1.165) is 29.6 Å². The van der Waals surface area contributed by atoms with Crippen LogP contribution in [0.3, 0.4) is 0 Å². The van der Waals surface area contributed by atoms with Crippen molar-refractivity contribution in [2.75, 3.05) is 0 Å². The molecule has 2 aromatic rings. The van der Waals surface area contributed by atoms with Crippen molar-refractivity contribution in [3.05, 3.63) is 48.0 Å². The van der Waals surface area contributed by atoms with Crippen LogP contribution < -0.4 is 0 Å².